The average molecular weight is 280 g/mol. The Morgan fingerprint density at radius 1 is 1.10 bits per heavy atom. The van der Waals surface area contributed by atoms with Crippen LogP contribution in [0.3, 0.4) is 0 Å². The van der Waals surface area contributed by atoms with Crippen LogP contribution in [-0.4, -0.2) is 13.0 Å². The molecule has 0 aliphatic heterocycles. The average Bonchev–Trinajstić information content (AvgIpc) is 2.97. The van der Waals surface area contributed by atoms with Gasteiger partial charge in [0.1, 0.15) is 0 Å². The van der Waals surface area contributed by atoms with E-state index >= 15 is 0 Å². The second kappa shape index (κ2) is 6.10. The molecule has 0 unspecified atom stereocenters. The Hall–Kier alpha value is -2.13. The van der Waals surface area contributed by atoms with Crippen LogP contribution in [0.2, 0.25) is 0 Å². The van der Waals surface area contributed by atoms with E-state index in [2.05, 4.69) is 16.7 Å². The highest BCUT2D eigenvalue weighted by Gasteiger charge is 2.19. The molecule has 108 valence electrons. The van der Waals surface area contributed by atoms with Crippen molar-refractivity contribution in [2.24, 2.45) is 0 Å². The van der Waals surface area contributed by atoms with Gasteiger partial charge in [-0.2, -0.15) is 0 Å². The summed E-state index contributed by atoms with van der Waals surface area (Å²) in [5, 5.41) is 6.19. The molecule has 0 bridgehead atoms. The zero-order valence-corrected chi connectivity index (χ0v) is 12.3. The van der Waals surface area contributed by atoms with Gasteiger partial charge in [0.05, 0.1) is 0 Å². The minimum absolute atomic E-state index is 0.00250. The first-order valence-corrected chi connectivity index (χ1v) is 7.44. The lowest BCUT2D eigenvalue weighted by molar-refractivity contribution is 0.102. The van der Waals surface area contributed by atoms with Crippen molar-refractivity contribution in [3.63, 3.8) is 0 Å². The van der Waals surface area contributed by atoms with Crippen molar-refractivity contribution in [1.29, 1.82) is 0 Å². The Balaban J connectivity index is 1.86. The molecule has 0 spiro atoms. The number of carbonyl (C=O) groups excluding carboxylic acids is 1. The molecule has 3 nitrogen and oxygen atoms in total. The van der Waals surface area contributed by atoms with Crippen LogP contribution in [0.4, 0.5) is 5.69 Å². The highest BCUT2D eigenvalue weighted by molar-refractivity contribution is 6.06. The van der Waals surface area contributed by atoms with Gasteiger partial charge in [-0.15, -0.1) is 0 Å². The Bertz CT molecular complexity index is 664. The predicted molar refractivity (Wildman–Crippen MR) is 85.6 cm³/mol. The second-order valence-corrected chi connectivity index (χ2v) is 5.44. The standard InChI is InChI=1S/C18H20N2O/c1-19-12-14-6-2-3-11-17(14)20-18(21)16-10-5-8-13-7-4-9-15(13)16/h2-3,5-6,8,10-11,19H,4,7,9,12H2,1H3,(H,20,21). The largest absolute Gasteiger partial charge is 0.322 e. The van der Waals surface area contributed by atoms with Crippen molar-refractivity contribution >= 4 is 11.6 Å². The molecular weight excluding hydrogens is 260 g/mol. The number of aryl methyl sites for hydroxylation is 1. The Morgan fingerprint density at radius 2 is 1.95 bits per heavy atom. The van der Waals surface area contributed by atoms with Crippen LogP contribution in [0.15, 0.2) is 42.5 Å². The van der Waals surface area contributed by atoms with Crippen molar-refractivity contribution in [1.82, 2.24) is 5.32 Å². The Labute approximate surface area is 125 Å². The summed E-state index contributed by atoms with van der Waals surface area (Å²) in [4.78, 5) is 12.6. The third-order valence-electron chi connectivity index (χ3n) is 4.02. The number of rotatable bonds is 4. The minimum Gasteiger partial charge on any atom is -0.322 e. The number of anilines is 1. The lowest BCUT2D eigenvalue weighted by atomic mass is 10.0. The number of benzene rings is 2. The van der Waals surface area contributed by atoms with Gasteiger partial charge >= 0.3 is 0 Å². The van der Waals surface area contributed by atoms with E-state index in [9.17, 15) is 4.79 Å². The fourth-order valence-corrected chi connectivity index (χ4v) is 3.01. The van der Waals surface area contributed by atoms with E-state index in [-0.39, 0.29) is 5.91 Å². The third kappa shape index (κ3) is 2.83. The van der Waals surface area contributed by atoms with Crippen LogP contribution in [0.25, 0.3) is 0 Å². The quantitative estimate of drug-likeness (QED) is 0.903. The molecule has 2 aromatic rings. The summed E-state index contributed by atoms with van der Waals surface area (Å²) >= 11 is 0. The molecule has 3 rings (SSSR count). The fraction of sp³-hybridized carbons (Fsp3) is 0.278. The number of amides is 1. The van der Waals surface area contributed by atoms with Gasteiger partial charge in [0.25, 0.3) is 5.91 Å². The van der Waals surface area contributed by atoms with E-state index < -0.39 is 0 Å². The first kappa shape index (κ1) is 13.8. The molecule has 1 aliphatic carbocycles. The normalized spacial score (nSPS) is 13.0. The van der Waals surface area contributed by atoms with Gasteiger partial charge in [0.15, 0.2) is 0 Å². The van der Waals surface area contributed by atoms with Gasteiger partial charge in [-0.3, -0.25) is 4.79 Å². The number of nitrogens with one attached hydrogen (secondary N) is 2. The molecule has 0 heterocycles. The van der Waals surface area contributed by atoms with E-state index in [1.807, 2.05) is 43.4 Å². The molecule has 0 fully saturated rings. The number of carbonyl (C=O) groups is 1. The van der Waals surface area contributed by atoms with E-state index in [0.29, 0.717) is 0 Å². The second-order valence-electron chi connectivity index (χ2n) is 5.44. The monoisotopic (exact) mass is 280 g/mol. The molecule has 1 aliphatic rings. The van der Waals surface area contributed by atoms with Gasteiger partial charge in [0, 0.05) is 17.8 Å². The molecule has 0 saturated carbocycles. The Kier molecular flexibility index (Phi) is 4.02. The van der Waals surface area contributed by atoms with Crippen molar-refractivity contribution in [3.05, 3.63) is 64.7 Å². The van der Waals surface area contributed by atoms with E-state index in [0.717, 1.165) is 42.6 Å². The van der Waals surface area contributed by atoms with Crippen molar-refractivity contribution < 1.29 is 4.79 Å². The van der Waals surface area contributed by atoms with Crippen LogP contribution >= 0.6 is 0 Å². The molecule has 0 atom stereocenters. The minimum atomic E-state index is -0.00250. The summed E-state index contributed by atoms with van der Waals surface area (Å²) in [6.45, 7) is 0.739. The molecule has 0 aromatic heterocycles. The smallest absolute Gasteiger partial charge is 0.255 e. The predicted octanol–water partition coefficient (Wildman–Crippen LogP) is 3.15. The molecular formula is C18H20N2O. The van der Waals surface area contributed by atoms with E-state index in [4.69, 9.17) is 0 Å². The highest BCUT2D eigenvalue weighted by atomic mass is 16.1. The summed E-state index contributed by atoms with van der Waals surface area (Å²) < 4.78 is 0. The van der Waals surface area contributed by atoms with Crippen molar-refractivity contribution in [3.8, 4) is 0 Å². The molecule has 1 amide bonds. The maximum absolute atomic E-state index is 12.6. The number of hydrogen-bond donors (Lipinski definition) is 2. The van der Waals surface area contributed by atoms with Crippen LogP contribution in [0, 0.1) is 0 Å². The van der Waals surface area contributed by atoms with Crippen LogP contribution in [-0.2, 0) is 19.4 Å². The van der Waals surface area contributed by atoms with Gasteiger partial charge in [-0.1, -0.05) is 30.3 Å². The van der Waals surface area contributed by atoms with Gasteiger partial charge < -0.3 is 10.6 Å². The molecule has 0 saturated heterocycles. The van der Waals surface area contributed by atoms with E-state index in [1.54, 1.807) is 0 Å². The number of hydrogen-bond acceptors (Lipinski definition) is 2. The zero-order valence-electron chi connectivity index (χ0n) is 12.3. The van der Waals surface area contributed by atoms with Gasteiger partial charge in [0.2, 0.25) is 0 Å². The number of para-hydroxylation sites is 1. The first-order valence-electron chi connectivity index (χ1n) is 7.44. The first-order chi connectivity index (χ1) is 10.3. The molecule has 3 heteroatoms. The zero-order chi connectivity index (χ0) is 14.7. The summed E-state index contributed by atoms with van der Waals surface area (Å²) in [6, 6.07) is 14.0. The van der Waals surface area contributed by atoms with Crippen molar-refractivity contribution in [2.45, 2.75) is 25.8 Å². The fourth-order valence-electron chi connectivity index (χ4n) is 3.01. The maximum atomic E-state index is 12.6. The van der Waals surface area contributed by atoms with Crippen LogP contribution in [0.5, 0.6) is 0 Å². The van der Waals surface area contributed by atoms with Gasteiger partial charge in [-0.25, -0.2) is 0 Å². The molecule has 0 radical (unpaired) electrons. The lowest BCUT2D eigenvalue weighted by Crippen LogP contribution is -2.16. The topological polar surface area (TPSA) is 41.1 Å². The molecule has 21 heavy (non-hydrogen) atoms. The molecule has 2 N–H and O–H groups in total. The van der Waals surface area contributed by atoms with Crippen LogP contribution < -0.4 is 10.6 Å². The summed E-state index contributed by atoms with van der Waals surface area (Å²) in [5.41, 5.74) is 5.35. The molecule has 2 aromatic carbocycles. The maximum Gasteiger partial charge on any atom is 0.255 e. The Morgan fingerprint density at radius 3 is 2.81 bits per heavy atom. The summed E-state index contributed by atoms with van der Waals surface area (Å²) in [6.07, 6.45) is 3.25. The summed E-state index contributed by atoms with van der Waals surface area (Å²) in [5.74, 6) is -0.00250. The van der Waals surface area contributed by atoms with E-state index in [1.165, 1.54) is 11.1 Å². The SMILES string of the molecule is CNCc1ccccc1NC(=O)c1cccc2c1CCC2. The van der Waals surface area contributed by atoms with Crippen LogP contribution in [0.1, 0.15) is 33.5 Å². The summed E-state index contributed by atoms with van der Waals surface area (Å²) in [7, 11) is 1.91. The lowest BCUT2D eigenvalue weighted by Gasteiger charge is -2.12. The third-order valence-corrected chi connectivity index (χ3v) is 4.02. The highest BCUT2D eigenvalue weighted by Crippen LogP contribution is 2.26. The van der Waals surface area contributed by atoms with Gasteiger partial charge in [-0.05, 0) is 55.1 Å². The number of fused-ring (bicyclic) bond motifs is 1. The van der Waals surface area contributed by atoms with Crippen molar-refractivity contribution in [2.75, 3.05) is 12.4 Å².